The van der Waals surface area contributed by atoms with Crippen molar-refractivity contribution in [1.82, 2.24) is 9.55 Å². The van der Waals surface area contributed by atoms with E-state index in [0.29, 0.717) is 18.9 Å². The predicted molar refractivity (Wildman–Crippen MR) is 136 cm³/mol. The summed E-state index contributed by atoms with van der Waals surface area (Å²) in [5.74, 6) is 1.71. The summed E-state index contributed by atoms with van der Waals surface area (Å²) in [4.78, 5) is 8.99. The largest absolute Gasteiger partial charge is 0.490 e. The van der Waals surface area contributed by atoms with Gasteiger partial charge < -0.3 is 18.9 Å². The molecule has 1 heterocycles. The molecule has 6 nitrogen and oxygen atoms in total. The van der Waals surface area contributed by atoms with Crippen LogP contribution in [0.15, 0.2) is 35.8 Å². The Kier molecular flexibility index (Phi) is 12.2. The van der Waals surface area contributed by atoms with E-state index in [1.165, 1.54) is 62.3 Å². The van der Waals surface area contributed by atoms with E-state index in [9.17, 15) is 0 Å². The molecule has 0 bridgehead atoms. The second kappa shape index (κ2) is 15.1. The summed E-state index contributed by atoms with van der Waals surface area (Å²) in [6.07, 6.45) is 17.1. The Morgan fingerprint density at radius 3 is 2.30 bits per heavy atom. The van der Waals surface area contributed by atoms with Gasteiger partial charge in [0.1, 0.15) is 25.2 Å². The van der Waals surface area contributed by atoms with Crippen LogP contribution >= 0.6 is 0 Å². The molecule has 0 radical (unpaired) electrons. The number of imidazole rings is 1. The normalized spacial score (nSPS) is 11.5. The lowest BCUT2D eigenvalue weighted by Crippen LogP contribution is -2.03. The van der Waals surface area contributed by atoms with Crippen LogP contribution < -0.4 is 9.47 Å². The average Bonchev–Trinajstić information content (AvgIpc) is 3.14. The summed E-state index contributed by atoms with van der Waals surface area (Å²) in [7, 11) is 3.44. The van der Waals surface area contributed by atoms with E-state index in [-0.39, 0.29) is 0 Å². The Bertz CT molecular complexity index is 864. The molecule has 0 aliphatic heterocycles. The van der Waals surface area contributed by atoms with Crippen LogP contribution in [0.1, 0.15) is 74.3 Å². The highest BCUT2D eigenvalue weighted by atomic mass is 16.6. The van der Waals surface area contributed by atoms with Crippen molar-refractivity contribution >= 4 is 6.21 Å². The molecule has 2 aromatic rings. The number of ether oxygens (including phenoxy) is 2. The summed E-state index contributed by atoms with van der Waals surface area (Å²) in [6.45, 7) is 7.74. The Morgan fingerprint density at radius 1 is 0.970 bits per heavy atom. The van der Waals surface area contributed by atoms with Crippen LogP contribution in [0.25, 0.3) is 0 Å². The first-order valence-corrected chi connectivity index (χ1v) is 12.1. The zero-order valence-electron chi connectivity index (χ0n) is 21.1. The zero-order valence-corrected chi connectivity index (χ0v) is 21.1. The molecule has 2 rings (SSSR count). The van der Waals surface area contributed by atoms with Gasteiger partial charge in [0.25, 0.3) is 0 Å². The van der Waals surface area contributed by atoms with E-state index in [1.54, 1.807) is 12.5 Å². The van der Waals surface area contributed by atoms with Gasteiger partial charge >= 0.3 is 0 Å². The van der Waals surface area contributed by atoms with Gasteiger partial charge in [0.15, 0.2) is 0 Å². The van der Waals surface area contributed by atoms with Crippen LogP contribution in [0.4, 0.5) is 0 Å². The van der Waals surface area contributed by atoms with Crippen molar-refractivity contribution in [3.8, 4) is 11.6 Å². The summed E-state index contributed by atoms with van der Waals surface area (Å²) in [6, 6.07) is 4.35. The van der Waals surface area contributed by atoms with E-state index >= 15 is 0 Å². The molecule has 0 saturated heterocycles. The minimum Gasteiger partial charge on any atom is -0.490 e. The number of nitrogens with zero attached hydrogens (tertiary/aromatic N) is 3. The van der Waals surface area contributed by atoms with Crippen molar-refractivity contribution in [1.29, 1.82) is 0 Å². The molecule has 0 unspecified atom stereocenters. The summed E-state index contributed by atoms with van der Waals surface area (Å²) >= 11 is 0. The lowest BCUT2D eigenvalue weighted by atomic mass is 9.96. The Labute approximate surface area is 199 Å². The van der Waals surface area contributed by atoms with Gasteiger partial charge in [-0.25, -0.2) is 4.98 Å². The molecule has 182 valence electrons. The fraction of sp³-hybridized carbons (Fsp3) is 0.556. The van der Waals surface area contributed by atoms with E-state index in [2.05, 4.69) is 36.1 Å². The van der Waals surface area contributed by atoms with E-state index < -0.39 is 0 Å². The van der Waals surface area contributed by atoms with E-state index in [0.717, 1.165) is 24.5 Å². The SMILES string of the molecule is C/C=C/COc1cc(C)c(CCCCCCCCCOc2c(C=NOC)ncn2C)c(C)c1. The smallest absolute Gasteiger partial charge is 0.222 e. The molecule has 0 aliphatic rings. The van der Waals surface area contributed by atoms with Crippen LogP contribution in [0.3, 0.4) is 0 Å². The van der Waals surface area contributed by atoms with Crippen LogP contribution in [-0.2, 0) is 18.3 Å². The third-order valence-electron chi connectivity index (χ3n) is 5.75. The molecular weight excluding hydrogens is 414 g/mol. The van der Waals surface area contributed by atoms with Crippen LogP contribution in [-0.4, -0.2) is 36.1 Å². The molecular formula is C27H41N3O3. The average molecular weight is 456 g/mol. The summed E-state index contributed by atoms with van der Waals surface area (Å²) in [5, 5.41) is 3.77. The highest BCUT2D eigenvalue weighted by molar-refractivity contribution is 5.79. The fourth-order valence-corrected chi connectivity index (χ4v) is 3.93. The van der Waals surface area contributed by atoms with E-state index in [4.69, 9.17) is 14.3 Å². The summed E-state index contributed by atoms with van der Waals surface area (Å²) < 4.78 is 13.6. The van der Waals surface area contributed by atoms with Gasteiger partial charge in [-0.15, -0.1) is 0 Å². The van der Waals surface area contributed by atoms with Gasteiger partial charge in [0.2, 0.25) is 5.88 Å². The number of rotatable bonds is 16. The van der Waals surface area contributed by atoms with Crippen LogP contribution in [0.5, 0.6) is 11.6 Å². The molecule has 0 atom stereocenters. The number of benzene rings is 1. The van der Waals surface area contributed by atoms with Gasteiger partial charge in [0, 0.05) is 7.05 Å². The zero-order chi connectivity index (χ0) is 23.9. The van der Waals surface area contributed by atoms with Crippen molar-refractivity contribution in [2.24, 2.45) is 12.2 Å². The van der Waals surface area contributed by atoms with Crippen LogP contribution in [0, 0.1) is 13.8 Å². The first-order chi connectivity index (χ1) is 16.1. The van der Waals surface area contributed by atoms with Crippen molar-refractivity contribution < 1.29 is 14.3 Å². The van der Waals surface area contributed by atoms with Gasteiger partial charge in [-0.05, 0) is 68.9 Å². The number of aryl methyl sites for hydroxylation is 3. The quantitative estimate of drug-likeness (QED) is 0.129. The Hall–Kier alpha value is -2.76. The third-order valence-corrected chi connectivity index (χ3v) is 5.75. The molecule has 1 aromatic carbocycles. The minimum atomic E-state index is 0.633. The molecule has 0 fully saturated rings. The Morgan fingerprint density at radius 2 is 1.64 bits per heavy atom. The van der Waals surface area contributed by atoms with Gasteiger partial charge in [-0.1, -0.05) is 49.4 Å². The number of oxime groups is 1. The number of unbranched alkanes of at least 4 members (excludes halogenated alkanes) is 6. The Balaban J connectivity index is 1.57. The second-order valence-corrected chi connectivity index (χ2v) is 8.45. The minimum absolute atomic E-state index is 0.633. The number of allylic oxidation sites excluding steroid dienone is 1. The first-order valence-electron chi connectivity index (χ1n) is 12.1. The maximum Gasteiger partial charge on any atom is 0.222 e. The van der Waals surface area contributed by atoms with Crippen molar-refractivity contribution in [2.45, 2.75) is 72.1 Å². The highest BCUT2D eigenvalue weighted by Gasteiger charge is 2.09. The van der Waals surface area contributed by atoms with Crippen molar-refractivity contribution in [3.63, 3.8) is 0 Å². The van der Waals surface area contributed by atoms with Crippen LogP contribution in [0.2, 0.25) is 0 Å². The predicted octanol–water partition coefficient (Wildman–Crippen LogP) is 6.32. The maximum atomic E-state index is 5.90. The maximum absolute atomic E-state index is 5.90. The molecule has 0 spiro atoms. The molecule has 6 heteroatoms. The molecule has 0 amide bonds. The molecule has 0 N–H and O–H groups in total. The summed E-state index contributed by atoms with van der Waals surface area (Å²) in [5.41, 5.74) is 4.86. The number of hydrogen-bond acceptors (Lipinski definition) is 5. The molecule has 1 aromatic heterocycles. The molecule has 33 heavy (non-hydrogen) atoms. The second-order valence-electron chi connectivity index (χ2n) is 8.45. The van der Waals surface area contributed by atoms with E-state index in [1.807, 2.05) is 30.7 Å². The lowest BCUT2D eigenvalue weighted by molar-refractivity contribution is 0.215. The highest BCUT2D eigenvalue weighted by Crippen LogP contribution is 2.24. The van der Waals surface area contributed by atoms with Crippen molar-refractivity contribution in [2.75, 3.05) is 20.3 Å². The van der Waals surface area contributed by atoms with Crippen molar-refractivity contribution in [3.05, 3.63) is 53.0 Å². The van der Waals surface area contributed by atoms with Gasteiger partial charge in [-0.2, -0.15) is 0 Å². The van der Waals surface area contributed by atoms with Gasteiger partial charge in [-0.3, -0.25) is 0 Å². The first kappa shape index (κ1) is 26.5. The molecule has 0 aliphatic carbocycles. The lowest BCUT2D eigenvalue weighted by Gasteiger charge is -2.13. The number of aromatic nitrogens is 2. The third kappa shape index (κ3) is 9.32. The topological polar surface area (TPSA) is 57.9 Å². The number of hydrogen-bond donors (Lipinski definition) is 0. The standard InChI is InChI=1S/C27H41N3O3/c1-6-7-16-32-24-18-22(2)25(23(3)19-24)15-13-11-9-8-10-12-14-17-33-27-26(20-29-31-5)28-21-30(27)4/h6-7,18-21H,8-17H2,1-5H3/b7-6+,29-20?. The van der Waals surface area contributed by atoms with Gasteiger partial charge in [0.05, 0.1) is 19.1 Å². The fourth-order valence-electron chi connectivity index (χ4n) is 3.93. The monoisotopic (exact) mass is 455 g/mol. The molecule has 0 saturated carbocycles.